The van der Waals surface area contributed by atoms with E-state index in [1.807, 2.05) is 26.2 Å². The van der Waals surface area contributed by atoms with Crippen LogP contribution in [0.4, 0.5) is 4.39 Å². The first-order chi connectivity index (χ1) is 12.2. The minimum Gasteiger partial charge on any atom is -0.378 e. The highest BCUT2D eigenvalue weighted by atomic mass is 127. The molecule has 0 aliphatic carbocycles. The number of hydrogen-bond acceptors (Lipinski definition) is 2. The largest absolute Gasteiger partial charge is 0.378 e. The van der Waals surface area contributed by atoms with E-state index in [1.54, 1.807) is 0 Å². The molecule has 5 nitrogen and oxygen atoms in total. The van der Waals surface area contributed by atoms with Gasteiger partial charge in [0.1, 0.15) is 5.82 Å². The molecule has 0 radical (unpaired) electrons. The van der Waals surface area contributed by atoms with Crippen LogP contribution in [0.15, 0.2) is 29.4 Å². The topological polar surface area (TPSA) is 52.6 Å². The lowest BCUT2D eigenvalue weighted by Crippen LogP contribution is -2.47. The molecule has 0 saturated carbocycles. The number of nitrogens with one attached hydrogen (secondary N) is 2. The molecule has 0 bridgehead atoms. The number of likely N-dealkylation sites (tertiary alicyclic amines) is 1. The normalized spacial score (nSPS) is 16.0. The van der Waals surface area contributed by atoms with Gasteiger partial charge in [-0.3, -0.25) is 4.99 Å². The predicted octanol–water partition coefficient (Wildman–Crippen LogP) is 3.54. The van der Waals surface area contributed by atoms with Gasteiger partial charge < -0.3 is 19.9 Å². The molecule has 2 N–H and O–H groups in total. The fourth-order valence-corrected chi connectivity index (χ4v) is 3.48. The lowest BCUT2D eigenvalue weighted by atomic mass is 10.1. The first-order valence-electron chi connectivity index (χ1n) is 9.04. The van der Waals surface area contributed by atoms with Crippen LogP contribution in [-0.4, -0.2) is 55.2 Å². The maximum atomic E-state index is 13.3. The van der Waals surface area contributed by atoms with Crippen molar-refractivity contribution in [1.82, 2.24) is 15.2 Å². The minimum atomic E-state index is -0.213. The van der Waals surface area contributed by atoms with Crippen LogP contribution < -0.4 is 5.32 Å². The zero-order valence-corrected chi connectivity index (χ0v) is 17.8. The van der Waals surface area contributed by atoms with E-state index >= 15 is 0 Å². The summed E-state index contributed by atoms with van der Waals surface area (Å²) in [7, 11) is 1.82. The number of hydrogen-bond donors (Lipinski definition) is 2. The Morgan fingerprint density at radius 1 is 1.38 bits per heavy atom. The van der Waals surface area contributed by atoms with Gasteiger partial charge in [-0.25, -0.2) is 4.39 Å². The van der Waals surface area contributed by atoms with Crippen LogP contribution in [0.3, 0.4) is 0 Å². The number of halogens is 2. The Kier molecular flexibility index (Phi) is 8.15. The summed E-state index contributed by atoms with van der Waals surface area (Å²) < 4.78 is 19.0. The first kappa shape index (κ1) is 21.0. The summed E-state index contributed by atoms with van der Waals surface area (Å²) in [6.45, 7) is 5.56. The third kappa shape index (κ3) is 5.09. The van der Waals surface area contributed by atoms with Gasteiger partial charge in [0.2, 0.25) is 0 Å². The van der Waals surface area contributed by atoms with E-state index in [1.165, 1.54) is 17.7 Å². The van der Waals surface area contributed by atoms with Crippen LogP contribution in [0.25, 0.3) is 10.9 Å². The highest BCUT2D eigenvalue weighted by molar-refractivity contribution is 14.0. The molecule has 0 atom stereocenters. The van der Waals surface area contributed by atoms with Crippen LogP contribution in [0.5, 0.6) is 0 Å². The number of ether oxygens (including phenoxy) is 1. The van der Waals surface area contributed by atoms with Crippen molar-refractivity contribution in [2.24, 2.45) is 4.99 Å². The van der Waals surface area contributed by atoms with E-state index < -0.39 is 0 Å². The van der Waals surface area contributed by atoms with Crippen LogP contribution in [-0.2, 0) is 11.2 Å². The zero-order valence-electron chi connectivity index (χ0n) is 15.4. The smallest absolute Gasteiger partial charge is 0.193 e. The molecule has 144 valence electrons. The molecule has 0 amide bonds. The van der Waals surface area contributed by atoms with E-state index in [-0.39, 0.29) is 29.8 Å². The molecule has 1 fully saturated rings. The van der Waals surface area contributed by atoms with E-state index in [4.69, 9.17) is 4.74 Å². The number of H-pyrrole nitrogens is 1. The number of benzene rings is 1. The maximum absolute atomic E-state index is 13.3. The molecule has 2 heterocycles. The molecule has 1 aromatic heterocycles. The summed E-state index contributed by atoms with van der Waals surface area (Å²) in [6.07, 6.45) is 5.29. The average Bonchev–Trinajstić information content (AvgIpc) is 3.02. The Morgan fingerprint density at radius 2 is 2.15 bits per heavy atom. The Hall–Kier alpha value is -1.35. The number of aromatic nitrogens is 1. The van der Waals surface area contributed by atoms with Gasteiger partial charge in [0.05, 0.1) is 6.10 Å². The second kappa shape index (κ2) is 10.1. The lowest BCUT2D eigenvalue weighted by molar-refractivity contribution is 0.0264. The number of nitrogens with zero attached hydrogens (tertiary/aromatic N) is 2. The summed E-state index contributed by atoms with van der Waals surface area (Å²) in [5, 5.41) is 4.53. The number of aliphatic imine (C=N–C) groups is 1. The number of aromatic amines is 1. The standard InChI is InChI=1S/C19H27FN4O.HI/c1-3-25-16-7-10-24(11-8-16)19(21-2)22-9-6-14-13-23-18-12-15(20)4-5-17(14)18;/h4-5,12-13,16,23H,3,6-11H2,1-2H3,(H,21,22);1H. The van der Waals surface area contributed by atoms with E-state index in [0.717, 1.165) is 62.4 Å². The minimum absolute atomic E-state index is 0. The van der Waals surface area contributed by atoms with Gasteiger partial charge in [-0.05, 0) is 49.9 Å². The van der Waals surface area contributed by atoms with Crippen molar-refractivity contribution in [2.45, 2.75) is 32.3 Å². The second-order valence-electron chi connectivity index (χ2n) is 6.37. The molecular formula is C19H28FIN4O. The van der Waals surface area contributed by atoms with Crippen molar-refractivity contribution in [3.05, 3.63) is 35.8 Å². The summed E-state index contributed by atoms with van der Waals surface area (Å²) in [5.74, 6) is 0.732. The molecule has 1 saturated heterocycles. The van der Waals surface area contributed by atoms with Gasteiger partial charge in [-0.1, -0.05) is 0 Å². The second-order valence-corrected chi connectivity index (χ2v) is 6.37. The molecule has 0 spiro atoms. The van der Waals surface area contributed by atoms with Crippen LogP contribution in [0.2, 0.25) is 0 Å². The highest BCUT2D eigenvalue weighted by Gasteiger charge is 2.21. The summed E-state index contributed by atoms with van der Waals surface area (Å²) in [4.78, 5) is 9.84. The quantitative estimate of drug-likeness (QED) is 0.396. The van der Waals surface area contributed by atoms with E-state index in [0.29, 0.717) is 6.10 Å². The Morgan fingerprint density at radius 3 is 2.85 bits per heavy atom. The van der Waals surface area contributed by atoms with E-state index in [9.17, 15) is 4.39 Å². The lowest BCUT2D eigenvalue weighted by Gasteiger charge is -2.34. The summed E-state index contributed by atoms with van der Waals surface area (Å²) >= 11 is 0. The number of guanidine groups is 1. The van der Waals surface area contributed by atoms with Crippen molar-refractivity contribution >= 4 is 40.8 Å². The maximum Gasteiger partial charge on any atom is 0.193 e. The van der Waals surface area contributed by atoms with Crippen molar-refractivity contribution in [3.63, 3.8) is 0 Å². The van der Waals surface area contributed by atoms with Crippen LogP contribution in [0, 0.1) is 5.82 Å². The van der Waals surface area contributed by atoms with Crippen molar-refractivity contribution in [2.75, 3.05) is 33.3 Å². The fraction of sp³-hybridized carbons (Fsp3) is 0.526. The van der Waals surface area contributed by atoms with Gasteiger partial charge in [-0.2, -0.15) is 0 Å². The average molecular weight is 474 g/mol. The fourth-order valence-electron chi connectivity index (χ4n) is 3.48. The highest BCUT2D eigenvalue weighted by Crippen LogP contribution is 2.19. The molecule has 1 aliphatic heterocycles. The molecule has 0 unspecified atom stereocenters. The molecule has 2 aromatic rings. The van der Waals surface area contributed by atoms with Gasteiger partial charge in [0.25, 0.3) is 0 Å². The molecule has 7 heteroatoms. The third-order valence-electron chi connectivity index (χ3n) is 4.76. The van der Waals surface area contributed by atoms with Gasteiger partial charge in [-0.15, -0.1) is 24.0 Å². The SMILES string of the molecule is CCOC1CCN(C(=NC)NCCc2c[nH]c3cc(F)ccc23)CC1.I. The molecule has 1 aromatic carbocycles. The Bertz CT molecular complexity index is 725. The predicted molar refractivity (Wildman–Crippen MR) is 115 cm³/mol. The summed E-state index contributed by atoms with van der Waals surface area (Å²) in [6, 6.07) is 4.88. The summed E-state index contributed by atoms with van der Waals surface area (Å²) in [5.41, 5.74) is 2.03. The molecular weight excluding hydrogens is 446 g/mol. The van der Waals surface area contributed by atoms with Gasteiger partial charge in [0.15, 0.2) is 5.96 Å². The Balaban J connectivity index is 0.00000243. The van der Waals surface area contributed by atoms with E-state index in [2.05, 4.69) is 20.2 Å². The van der Waals surface area contributed by atoms with Crippen LogP contribution in [0.1, 0.15) is 25.3 Å². The molecule has 3 rings (SSSR count). The number of piperidine rings is 1. The molecule has 26 heavy (non-hydrogen) atoms. The van der Waals surface area contributed by atoms with Crippen LogP contribution >= 0.6 is 24.0 Å². The number of rotatable bonds is 5. The van der Waals surface area contributed by atoms with Crippen molar-refractivity contribution < 1.29 is 9.13 Å². The third-order valence-corrected chi connectivity index (χ3v) is 4.76. The first-order valence-corrected chi connectivity index (χ1v) is 9.04. The van der Waals surface area contributed by atoms with Crippen molar-refractivity contribution in [3.8, 4) is 0 Å². The van der Waals surface area contributed by atoms with Gasteiger partial charge in [0, 0.05) is 50.4 Å². The number of fused-ring (bicyclic) bond motifs is 1. The van der Waals surface area contributed by atoms with Gasteiger partial charge >= 0.3 is 0 Å². The molecule has 1 aliphatic rings. The Labute approximate surface area is 171 Å². The van der Waals surface area contributed by atoms with Crippen molar-refractivity contribution in [1.29, 1.82) is 0 Å². The zero-order chi connectivity index (χ0) is 17.6. The monoisotopic (exact) mass is 474 g/mol.